The summed E-state index contributed by atoms with van der Waals surface area (Å²) in [4.78, 5) is 31.2. The van der Waals surface area contributed by atoms with Crippen molar-refractivity contribution in [2.24, 2.45) is 0 Å². The van der Waals surface area contributed by atoms with Crippen LogP contribution in [0, 0.1) is 0 Å². The van der Waals surface area contributed by atoms with Gasteiger partial charge in [0.05, 0.1) is 6.54 Å². The zero-order valence-corrected chi connectivity index (χ0v) is 12.8. The number of hydrogen-bond donors (Lipinski definition) is 1. The molecule has 7 nitrogen and oxygen atoms in total. The summed E-state index contributed by atoms with van der Waals surface area (Å²) in [7, 11) is 1.58. The maximum absolute atomic E-state index is 12.1. The van der Waals surface area contributed by atoms with E-state index in [1.54, 1.807) is 11.9 Å². The van der Waals surface area contributed by atoms with Gasteiger partial charge < -0.3 is 9.80 Å². The van der Waals surface area contributed by atoms with Crippen LogP contribution in [0.2, 0.25) is 0 Å². The molecule has 0 saturated heterocycles. The van der Waals surface area contributed by atoms with E-state index in [0.29, 0.717) is 18.9 Å². The Morgan fingerprint density at radius 2 is 1.85 bits per heavy atom. The minimum atomic E-state index is -0.353. The molecule has 0 aliphatic carbocycles. The highest BCUT2D eigenvalue weighted by atomic mass is 16.2. The van der Waals surface area contributed by atoms with Gasteiger partial charge in [-0.3, -0.25) is 14.7 Å². The number of aromatic amines is 1. The number of nitrogens with one attached hydrogen (secondary N) is 1. The summed E-state index contributed by atoms with van der Waals surface area (Å²) >= 11 is 0. The first-order valence-corrected chi connectivity index (χ1v) is 6.86. The predicted molar refractivity (Wildman–Crippen MR) is 75.4 cm³/mol. The Balaban J connectivity index is 2.69. The van der Waals surface area contributed by atoms with Gasteiger partial charge in [-0.25, -0.2) is 4.98 Å². The van der Waals surface area contributed by atoms with E-state index >= 15 is 0 Å². The van der Waals surface area contributed by atoms with Gasteiger partial charge in [0, 0.05) is 26.1 Å². The van der Waals surface area contributed by atoms with Crippen LogP contribution in [0.4, 0.5) is 0 Å². The number of hydrogen-bond acceptors (Lipinski definition) is 4. The van der Waals surface area contributed by atoms with E-state index in [1.807, 2.05) is 27.7 Å². The second-order valence-electron chi connectivity index (χ2n) is 4.93. The number of carbonyl (C=O) groups is 2. The highest BCUT2D eigenvalue weighted by Gasteiger charge is 2.21. The van der Waals surface area contributed by atoms with Crippen LogP contribution in [-0.2, 0) is 4.79 Å². The second-order valence-corrected chi connectivity index (χ2v) is 4.93. The number of likely N-dealkylation sites (N-methyl/N-ethyl adjacent to an activating group) is 2. The molecule has 1 N–H and O–H groups in total. The first-order chi connectivity index (χ1) is 9.40. The van der Waals surface area contributed by atoms with Gasteiger partial charge in [-0.05, 0) is 13.8 Å². The number of carbonyl (C=O) groups excluding carboxylic acids is 2. The zero-order valence-electron chi connectivity index (χ0n) is 12.8. The molecule has 1 aromatic heterocycles. The molecule has 0 radical (unpaired) electrons. The van der Waals surface area contributed by atoms with Gasteiger partial charge in [0.15, 0.2) is 0 Å². The fraction of sp³-hybridized carbons (Fsp3) is 0.692. The van der Waals surface area contributed by atoms with E-state index < -0.39 is 0 Å². The molecule has 20 heavy (non-hydrogen) atoms. The van der Waals surface area contributed by atoms with Crippen molar-refractivity contribution in [2.75, 3.05) is 26.7 Å². The first-order valence-electron chi connectivity index (χ1n) is 6.86. The molecule has 0 bridgehead atoms. The number of rotatable bonds is 6. The molecule has 1 aromatic rings. The van der Waals surface area contributed by atoms with Crippen molar-refractivity contribution in [3.8, 4) is 0 Å². The van der Waals surface area contributed by atoms with Crippen LogP contribution in [0.15, 0.2) is 0 Å². The summed E-state index contributed by atoms with van der Waals surface area (Å²) < 4.78 is 0. The third kappa shape index (κ3) is 3.79. The van der Waals surface area contributed by atoms with Crippen molar-refractivity contribution in [2.45, 2.75) is 33.6 Å². The molecule has 0 aliphatic rings. The molecule has 0 unspecified atom stereocenters. The van der Waals surface area contributed by atoms with Gasteiger partial charge in [-0.1, -0.05) is 13.8 Å². The Labute approximate surface area is 119 Å². The van der Waals surface area contributed by atoms with Crippen LogP contribution >= 0.6 is 0 Å². The molecular weight excluding hydrogens is 258 g/mol. The van der Waals surface area contributed by atoms with Crippen LogP contribution in [0.5, 0.6) is 0 Å². The zero-order chi connectivity index (χ0) is 15.3. The Bertz CT molecular complexity index is 465. The number of amides is 2. The average molecular weight is 281 g/mol. The average Bonchev–Trinajstić information content (AvgIpc) is 2.88. The van der Waals surface area contributed by atoms with Crippen LogP contribution in [0.1, 0.15) is 50.1 Å². The Kier molecular flexibility index (Phi) is 5.66. The van der Waals surface area contributed by atoms with Gasteiger partial charge in [-0.2, -0.15) is 0 Å². The molecule has 7 heteroatoms. The summed E-state index contributed by atoms with van der Waals surface area (Å²) in [5.41, 5.74) is 0. The van der Waals surface area contributed by atoms with Crippen molar-refractivity contribution < 1.29 is 9.59 Å². The number of aromatic nitrogens is 3. The fourth-order valence-corrected chi connectivity index (χ4v) is 1.75. The smallest absolute Gasteiger partial charge is 0.293 e. The van der Waals surface area contributed by atoms with Crippen LogP contribution in [0.3, 0.4) is 0 Å². The highest BCUT2D eigenvalue weighted by molar-refractivity contribution is 5.93. The van der Waals surface area contributed by atoms with Gasteiger partial charge in [0.2, 0.25) is 11.7 Å². The largest absolute Gasteiger partial charge is 0.342 e. The molecule has 0 fully saturated rings. The fourth-order valence-electron chi connectivity index (χ4n) is 1.75. The van der Waals surface area contributed by atoms with Gasteiger partial charge >= 0.3 is 0 Å². The second kappa shape index (κ2) is 7.02. The van der Waals surface area contributed by atoms with Gasteiger partial charge in [0.1, 0.15) is 5.82 Å². The van der Waals surface area contributed by atoms with Gasteiger partial charge in [-0.15, -0.1) is 5.10 Å². The first kappa shape index (κ1) is 16.1. The molecule has 0 aromatic carbocycles. The Morgan fingerprint density at radius 3 is 2.30 bits per heavy atom. The Hall–Kier alpha value is -1.92. The standard InChI is InChI=1S/C13H23N5O2/c1-6-18(7-2)10(19)8-17(5)13(20)12-14-11(9(3)4)15-16-12/h9H,6-8H2,1-5H3,(H,14,15,16). The summed E-state index contributed by atoms with van der Waals surface area (Å²) in [5, 5.41) is 6.63. The van der Waals surface area contributed by atoms with E-state index in [-0.39, 0.29) is 30.1 Å². The molecule has 112 valence electrons. The molecule has 0 atom stereocenters. The van der Waals surface area contributed by atoms with Crippen LogP contribution in [0.25, 0.3) is 0 Å². The molecule has 0 spiro atoms. The highest BCUT2D eigenvalue weighted by Crippen LogP contribution is 2.08. The summed E-state index contributed by atoms with van der Waals surface area (Å²) in [6, 6.07) is 0. The number of H-pyrrole nitrogens is 1. The Morgan fingerprint density at radius 1 is 1.25 bits per heavy atom. The monoisotopic (exact) mass is 281 g/mol. The third-order valence-electron chi connectivity index (χ3n) is 3.08. The predicted octanol–water partition coefficient (Wildman–Crippen LogP) is 0.868. The quantitative estimate of drug-likeness (QED) is 0.838. The van der Waals surface area contributed by atoms with E-state index in [0.717, 1.165) is 0 Å². The molecular formula is C13H23N5O2. The van der Waals surface area contributed by atoms with E-state index in [4.69, 9.17) is 0 Å². The summed E-state index contributed by atoms with van der Waals surface area (Å²) in [6.45, 7) is 9.04. The maximum Gasteiger partial charge on any atom is 0.293 e. The lowest BCUT2D eigenvalue weighted by Crippen LogP contribution is -2.41. The molecule has 1 rings (SSSR count). The third-order valence-corrected chi connectivity index (χ3v) is 3.08. The number of nitrogens with zero attached hydrogens (tertiary/aromatic N) is 4. The van der Waals surface area contributed by atoms with Crippen molar-refractivity contribution in [3.05, 3.63) is 11.6 Å². The van der Waals surface area contributed by atoms with E-state index in [1.165, 1.54) is 4.90 Å². The van der Waals surface area contributed by atoms with E-state index in [2.05, 4.69) is 15.2 Å². The summed E-state index contributed by atoms with van der Waals surface area (Å²) in [6.07, 6.45) is 0. The van der Waals surface area contributed by atoms with Crippen molar-refractivity contribution in [1.29, 1.82) is 0 Å². The minimum Gasteiger partial charge on any atom is -0.342 e. The lowest BCUT2D eigenvalue weighted by Gasteiger charge is -2.22. The van der Waals surface area contributed by atoms with Crippen molar-refractivity contribution in [3.63, 3.8) is 0 Å². The lowest BCUT2D eigenvalue weighted by molar-refractivity contribution is -0.131. The summed E-state index contributed by atoms with van der Waals surface area (Å²) in [5.74, 6) is 0.506. The molecule has 0 aliphatic heterocycles. The SMILES string of the molecule is CCN(CC)C(=O)CN(C)C(=O)c1n[nH]c(C(C)C)n1. The normalized spacial score (nSPS) is 10.7. The van der Waals surface area contributed by atoms with Crippen LogP contribution < -0.4 is 0 Å². The maximum atomic E-state index is 12.1. The van der Waals surface area contributed by atoms with Gasteiger partial charge in [0.25, 0.3) is 5.91 Å². The minimum absolute atomic E-state index is 0.0338. The van der Waals surface area contributed by atoms with Crippen molar-refractivity contribution in [1.82, 2.24) is 25.0 Å². The molecule has 2 amide bonds. The van der Waals surface area contributed by atoms with E-state index in [9.17, 15) is 9.59 Å². The topological polar surface area (TPSA) is 82.2 Å². The lowest BCUT2D eigenvalue weighted by atomic mass is 10.2. The van der Waals surface area contributed by atoms with Crippen molar-refractivity contribution >= 4 is 11.8 Å². The molecule has 0 saturated carbocycles. The van der Waals surface area contributed by atoms with Crippen LogP contribution in [-0.4, -0.2) is 63.5 Å². The molecule has 1 heterocycles.